The van der Waals surface area contributed by atoms with Gasteiger partial charge >= 0.3 is 0 Å². The molecule has 1 atom stereocenters. The fraction of sp³-hybridized carbons (Fsp3) is 0.364. The Balaban J connectivity index is 1.92. The van der Waals surface area contributed by atoms with E-state index in [0.29, 0.717) is 27.5 Å². The van der Waals surface area contributed by atoms with Crippen LogP contribution < -0.4 is 5.32 Å². The summed E-state index contributed by atoms with van der Waals surface area (Å²) in [6, 6.07) is 1.74. The van der Waals surface area contributed by atoms with Crippen LogP contribution in [-0.2, 0) is 0 Å². The van der Waals surface area contributed by atoms with Gasteiger partial charge in [-0.1, -0.05) is 28.4 Å². The second-order valence-corrected chi connectivity index (χ2v) is 4.93. The highest BCUT2D eigenvalue weighted by Crippen LogP contribution is 2.28. The van der Waals surface area contributed by atoms with Crippen molar-refractivity contribution in [3.63, 3.8) is 0 Å². The fourth-order valence-corrected chi connectivity index (χ4v) is 2.41. The molecule has 0 radical (unpaired) electrons. The summed E-state index contributed by atoms with van der Waals surface area (Å²) in [5.74, 6) is 0.968. The van der Waals surface area contributed by atoms with Crippen molar-refractivity contribution in [1.82, 2.24) is 20.4 Å². The Morgan fingerprint density at radius 3 is 3.00 bits per heavy atom. The molecule has 1 saturated heterocycles. The number of pyridine rings is 1. The Morgan fingerprint density at radius 2 is 2.28 bits per heavy atom. The van der Waals surface area contributed by atoms with Crippen LogP contribution in [0.3, 0.4) is 0 Å². The highest BCUT2D eigenvalue weighted by Gasteiger charge is 2.23. The van der Waals surface area contributed by atoms with Crippen molar-refractivity contribution >= 4 is 23.2 Å². The molecule has 0 aromatic carbocycles. The molecule has 7 heteroatoms. The number of hydrogen-bond acceptors (Lipinski definition) is 5. The number of halogens is 2. The first-order valence-corrected chi connectivity index (χ1v) is 6.38. The number of nitrogens with one attached hydrogen (secondary N) is 1. The highest BCUT2D eigenvalue weighted by atomic mass is 35.5. The molecule has 3 heterocycles. The monoisotopic (exact) mass is 284 g/mol. The molecule has 1 N–H and O–H groups in total. The second-order valence-electron chi connectivity index (χ2n) is 4.09. The minimum absolute atomic E-state index is 0.136. The third-order valence-electron chi connectivity index (χ3n) is 2.82. The SMILES string of the molecule is Clc1cnc(-c2noc([C@@H]3CCCN3)n2)c(Cl)c1. The lowest BCUT2D eigenvalue weighted by atomic mass is 10.2. The summed E-state index contributed by atoms with van der Waals surface area (Å²) in [7, 11) is 0. The maximum Gasteiger partial charge on any atom is 0.244 e. The van der Waals surface area contributed by atoms with Crippen LogP contribution in [-0.4, -0.2) is 21.7 Å². The van der Waals surface area contributed by atoms with Gasteiger partial charge in [-0.15, -0.1) is 0 Å². The van der Waals surface area contributed by atoms with Crippen LogP contribution in [0.1, 0.15) is 24.8 Å². The molecule has 2 aromatic rings. The van der Waals surface area contributed by atoms with Gasteiger partial charge < -0.3 is 9.84 Å². The maximum absolute atomic E-state index is 6.05. The summed E-state index contributed by atoms with van der Waals surface area (Å²) in [5.41, 5.74) is 0.481. The first-order chi connectivity index (χ1) is 8.74. The van der Waals surface area contributed by atoms with Gasteiger partial charge in [0.1, 0.15) is 5.69 Å². The van der Waals surface area contributed by atoms with Gasteiger partial charge in [-0.05, 0) is 25.5 Å². The zero-order valence-electron chi connectivity index (χ0n) is 9.36. The number of rotatable bonds is 2. The van der Waals surface area contributed by atoms with Gasteiger partial charge in [0.2, 0.25) is 11.7 Å². The van der Waals surface area contributed by atoms with Crippen LogP contribution >= 0.6 is 23.2 Å². The number of hydrogen-bond donors (Lipinski definition) is 1. The first kappa shape index (κ1) is 11.9. The van der Waals surface area contributed by atoms with Gasteiger partial charge in [0.25, 0.3) is 0 Å². The van der Waals surface area contributed by atoms with Gasteiger partial charge in [0.05, 0.1) is 16.1 Å². The minimum atomic E-state index is 0.136. The first-order valence-electron chi connectivity index (χ1n) is 5.62. The molecule has 94 valence electrons. The summed E-state index contributed by atoms with van der Waals surface area (Å²) < 4.78 is 5.23. The lowest BCUT2D eigenvalue weighted by molar-refractivity contribution is 0.345. The Morgan fingerprint density at radius 1 is 1.39 bits per heavy atom. The third-order valence-corrected chi connectivity index (χ3v) is 3.31. The van der Waals surface area contributed by atoms with E-state index < -0.39 is 0 Å². The predicted molar refractivity (Wildman–Crippen MR) is 67.5 cm³/mol. The second kappa shape index (κ2) is 4.84. The third kappa shape index (κ3) is 2.21. The maximum atomic E-state index is 6.05. The minimum Gasteiger partial charge on any atom is -0.337 e. The molecule has 1 aliphatic rings. The molecule has 0 spiro atoms. The molecule has 0 amide bonds. The average Bonchev–Trinajstić information content (AvgIpc) is 2.99. The van der Waals surface area contributed by atoms with Gasteiger partial charge in [0, 0.05) is 6.20 Å². The molecule has 18 heavy (non-hydrogen) atoms. The van der Waals surface area contributed by atoms with Crippen LogP contribution in [0.15, 0.2) is 16.8 Å². The lowest BCUT2D eigenvalue weighted by Crippen LogP contribution is -2.12. The molecule has 0 aliphatic carbocycles. The molecule has 5 nitrogen and oxygen atoms in total. The van der Waals surface area contributed by atoms with E-state index in [1.54, 1.807) is 6.07 Å². The van der Waals surface area contributed by atoms with E-state index in [-0.39, 0.29) is 6.04 Å². The molecule has 2 aromatic heterocycles. The zero-order valence-corrected chi connectivity index (χ0v) is 10.9. The van der Waals surface area contributed by atoms with Gasteiger partial charge in [-0.25, -0.2) is 4.98 Å². The standard InChI is InChI=1S/C11H10Cl2N4O/c12-6-4-7(13)9(15-5-6)10-16-11(18-17-10)8-2-1-3-14-8/h4-5,8,14H,1-3H2/t8-/m0/s1. The fourth-order valence-electron chi connectivity index (χ4n) is 1.95. The molecule has 3 rings (SSSR count). The van der Waals surface area contributed by atoms with Gasteiger partial charge in [-0.3, -0.25) is 0 Å². The van der Waals surface area contributed by atoms with E-state index in [2.05, 4.69) is 20.4 Å². The van der Waals surface area contributed by atoms with E-state index in [4.69, 9.17) is 27.7 Å². The van der Waals surface area contributed by atoms with E-state index in [1.807, 2.05) is 0 Å². The Bertz CT molecular complexity index is 566. The zero-order chi connectivity index (χ0) is 12.5. The molecular weight excluding hydrogens is 275 g/mol. The molecular formula is C11H10Cl2N4O. The summed E-state index contributed by atoms with van der Waals surface area (Å²) in [6.45, 7) is 0.975. The van der Waals surface area contributed by atoms with Crippen LogP contribution in [0, 0.1) is 0 Å². The van der Waals surface area contributed by atoms with Crippen molar-refractivity contribution in [1.29, 1.82) is 0 Å². The van der Waals surface area contributed by atoms with Crippen LogP contribution in [0.4, 0.5) is 0 Å². The topological polar surface area (TPSA) is 63.8 Å². The predicted octanol–water partition coefficient (Wildman–Crippen LogP) is 2.86. The smallest absolute Gasteiger partial charge is 0.244 e. The summed E-state index contributed by atoms with van der Waals surface area (Å²) >= 11 is 11.8. The summed E-state index contributed by atoms with van der Waals surface area (Å²) in [4.78, 5) is 8.44. The van der Waals surface area contributed by atoms with Crippen LogP contribution in [0.5, 0.6) is 0 Å². The quantitative estimate of drug-likeness (QED) is 0.919. The Labute approximate surface area is 114 Å². The molecule has 1 fully saturated rings. The number of nitrogens with zero attached hydrogens (tertiary/aromatic N) is 3. The van der Waals surface area contributed by atoms with Crippen molar-refractivity contribution in [3.05, 3.63) is 28.2 Å². The van der Waals surface area contributed by atoms with Crippen molar-refractivity contribution in [3.8, 4) is 11.5 Å². The summed E-state index contributed by atoms with van der Waals surface area (Å²) in [6.07, 6.45) is 3.62. The van der Waals surface area contributed by atoms with E-state index in [1.165, 1.54) is 6.20 Å². The lowest BCUT2D eigenvalue weighted by Gasteiger charge is -2.01. The van der Waals surface area contributed by atoms with Crippen molar-refractivity contribution in [2.45, 2.75) is 18.9 Å². The molecule has 0 bridgehead atoms. The molecule has 1 aliphatic heterocycles. The van der Waals surface area contributed by atoms with Crippen molar-refractivity contribution in [2.24, 2.45) is 0 Å². The van der Waals surface area contributed by atoms with E-state index in [0.717, 1.165) is 19.4 Å². The van der Waals surface area contributed by atoms with Crippen LogP contribution in [0.2, 0.25) is 10.0 Å². The van der Waals surface area contributed by atoms with Crippen molar-refractivity contribution < 1.29 is 4.52 Å². The Hall–Kier alpha value is -1.17. The van der Waals surface area contributed by atoms with Crippen molar-refractivity contribution in [2.75, 3.05) is 6.54 Å². The van der Waals surface area contributed by atoms with Crippen LogP contribution in [0.25, 0.3) is 11.5 Å². The van der Waals surface area contributed by atoms with Gasteiger partial charge in [-0.2, -0.15) is 4.98 Å². The average molecular weight is 285 g/mol. The van der Waals surface area contributed by atoms with E-state index in [9.17, 15) is 0 Å². The number of aromatic nitrogens is 3. The molecule has 0 unspecified atom stereocenters. The van der Waals surface area contributed by atoms with Gasteiger partial charge in [0.15, 0.2) is 0 Å². The summed E-state index contributed by atoms with van der Waals surface area (Å²) in [5, 5.41) is 8.08. The largest absolute Gasteiger partial charge is 0.337 e. The normalized spacial score (nSPS) is 19.3. The Kier molecular flexibility index (Phi) is 3.20. The molecule has 0 saturated carbocycles. The van der Waals surface area contributed by atoms with E-state index >= 15 is 0 Å². The highest BCUT2D eigenvalue weighted by molar-refractivity contribution is 6.35.